The van der Waals surface area contributed by atoms with Crippen LogP contribution in [0.5, 0.6) is 0 Å². The third kappa shape index (κ3) is 3.68. The Morgan fingerprint density at radius 3 is 2.84 bits per heavy atom. The lowest BCUT2D eigenvalue weighted by atomic mass is 10.3. The molecule has 2 amide bonds. The second kappa shape index (κ2) is 5.70. The highest BCUT2D eigenvalue weighted by Gasteiger charge is 2.06. The molecular weight excluding hydrogens is 319 g/mol. The Hall–Kier alpha value is -2.09. The molecule has 0 fully saturated rings. The summed E-state index contributed by atoms with van der Waals surface area (Å²) in [6.45, 7) is 1.71. The van der Waals surface area contributed by atoms with E-state index in [1.807, 2.05) is 0 Å². The van der Waals surface area contributed by atoms with Crippen LogP contribution in [-0.2, 0) is 0 Å². The Kier molecular flexibility index (Phi) is 4.00. The van der Waals surface area contributed by atoms with E-state index in [2.05, 4.69) is 37.3 Å². The summed E-state index contributed by atoms with van der Waals surface area (Å²) in [6.07, 6.45) is 0. The topological polar surface area (TPSA) is 79.2 Å². The highest BCUT2D eigenvalue weighted by molar-refractivity contribution is 9.10. The maximum Gasteiger partial charge on any atom is 0.339 e. The van der Waals surface area contributed by atoms with Gasteiger partial charge in [0.1, 0.15) is 11.6 Å². The second-order valence-corrected chi connectivity index (χ2v) is 4.51. The number of hydrazine groups is 1. The van der Waals surface area contributed by atoms with E-state index in [-0.39, 0.29) is 5.82 Å². The zero-order valence-corrected chi connectivity index (χ0v) is 11.4. The third-order valence-corrected chi connectivity index (χ3v) is 2.77. The van der Waals surface area contributed by atoms with E-state index in [0.717, 1.165) is 0 Å². The minimum atomic E-state index is -0.524. The van der Waals surface area contributed by atoms with Crippen LogP contribution in [0.4, 0.5) is 20.7 Å². The number of rotatable bonds is 3. The van der Waals surface area contributed by atoms with Crippen molar-refractivity contribution >= 4 is 33.5 Å². The monoisotopic (exact) mass is 328 g/mol. The number of benzene rings is 1. The van der Waals surface area contributed by atoms with Crippen molar-refractivity contribution in [2.45, 2.75) is 6.92 Å². The van der Waals surface area contributed by atoms with Crippen LogP contribution in [0.3, 0.4) is 0 Å². The molecule has 1 heterocycles. The van der Waals surface area contributed by atoms with Crippen molar-refractivity contribution in [2.75, 3.05) is 10.7 Å². The van der Waals surface area contributed by atoms with Gasteiger partial charge in [0.25, 0.3) is 0 Å². The number of aromatic nitrogens is 1. The number of halogens is 2. The predicted molar refractivity (Wildman–Crippen MR) is 71.1 cm³/mol. The SMILES string of the molecule is Cc1cc(NC(=O)NNc2ccc(F)cc2Br)no1. The molecule has 0 saturated heterocycles. The van der Waals surface area contributed by atoms with Crippen molar-refractivity contribution < 1.29 is 13.7 Å². The Morgan fingerprint density at radius 1 is 1.42 bits per heavy atom. The molecule has 0 saturated carbocycles. The molecule has 0 aliphatic carbocycles. The highest BCUT2D eigenvalue weighted by atomic mass is 79.9. The van der Waals surface area contributed by atoms with Crippen LogP contribution in [-0.4, -0.2) is 11.2 Å². The average Bonchev–Trinajstić information content (AvgIpc) is 2.73. The molecule has 0 spiro atoms. The zero-order chi connectivity index (χ0) is 13.8. The van der Waals surface area contributed by atoms with Gasteiger partial charge in [-0.3, -0.25) is 16.2 Å². The van der Waals surface area contributed by atoms with E-state index in [4.69, 9.17) is 4.52 Å². The molecule has 2 aromatic rings. The van der Waals surface area contributed by atoms with Crippen LogP contribution >= 0.6 is 15.9 Å². The minimum absolute atomic E-state index is 0.301. The first kappa shape index (κ1) is 13.3. The number of nitrogens with one attached hydrogen (secondary N) is 3. The van der Waals surface area contributed by atoms with Crippen LogP contribution in [0.2, 0.25) is 0 Å². The first-order valence-corrected chi connectivity index (χ1v) is 6.05. The maximum absolute atomic E-state index is 12.9. The summed E-state index contributed by atoms with van der Waals surface area (Å²) < 4.78 is 18.1. The first-order chi connectivity index (χ1) is 9.04. The lowest BCUT2D eigenvalue weighted by molar-refractivity contribution is 0.253. The van der Waals surface area contributed by atoms with Crippen molar-refractivity contribution in [1.29, 1.82) is 0 Å². The standard InChI is InChI=1S/C11H10BrFN4O2/c1-6-4-10(17-19-6)14-11(18)16-15-9-3-2-7(13)5-8(9)12/h2-5,15H,1H3,(H2,14,16,17,18). The highest BCUT2D eigenvalue weighted by Crippen LogP contribution is 2.22. The van der Waals surface area contributed by atoms with Gasteiger partial charge in [0.2, 0.25) is 0 Å². The van der Waals surface area contributed by atoms with Gasteiger partial charge in [-0.05, 0) is 41.1 Å². The molecule has 0 aliphatic heterocycles. The minimum Gasteiger partial charge on any atom is -0.360 e. The van der Waals surface area contributed by atoms with Crippen LogP contribution in [0.1, 0.15) is 5.76 Å². The fourth-order valence-electron chi connectivity index (χ4n) is 1.29. The van der Waals surface area contributed by atoms with Gasteiger partial charge in [-0.1, -0.05) is 5.16 Å². The van der Waals surface area contributed by atoms with Gasteiger partial charge in [0, 0.05) is 10.5 Å². The van der Waals surface area contributed by atoms with E-state index in [0.29, 0.717) is 21.7 Å². The predicted octanol–water partition coefficient (Wildman–Crippen LogP) is 3.03. The van der Waals surface area contributed by atoms with Crippen LogP contribution in [0, 0.1) is 12.7 Å². The Bertz CT molecular complexity index is 602. The van der Waals surface area contributed by atoms with E-state index in [9.17, 15) is 9.18 Å². The number of carbonyl (C=O) groups excluding carboxylic acids is 1. The maximum atomic E-state index is 12.9. The summed E-state index contributed by atoms with van der Waals surface area (Å²) in [7, 11) is 0. The van der Waals surface area contributed by atoms with Crippen LogP contribution in [0.25, 0.3) is 0 Å². The molecule has 8 heteroatoms. The normalized spacial score (nSPS) is 10.1. The fraction of sp³-hybridized carbons (Fsp3) is 0.0909. The third-order valence-electron chi connectivity index (χ3n) is 2.11. The number of urea groups is 1. The number of anilines is 2. The van der Waals surface area contributed by atoms with Crippen molar-refractivity contribution in [1.82, 2.24) is 10.6 Å². The van der Waals surface area contributed by atoms with Crippen molar-refractivity contribution in [3.63, 3.8) is 0 Å². The van der Waals surface area contributed by atoms with Gasteiger partial charge in [-0.25, -0.2) is 9.18 Å². The molecule has 19 heavy (non-hydrogen) atoms. The van der Waals surface area contributed by atoms with Gasteiger partial charge in [-0.2, -0.15) is 0 Å². The van der Waals surface area contributed by atoms with E-state index in [1.54, 1.807) is 13.0 Å². The molecular formula is C11H10BrFN4O2. The smallest absolute Gasteiger partial charge is 0.339 e. The molecule has 0 atom stereocenters. The van der Waals surface area contributed by atoms with Crippen molar-refractivity contribution in [2.24, 2.45) is 0 Å². The molecule has 0 unspecified atom stereocenters. The largest absolute Gasteiger partial charge is 0.360 e. The first-order valence-electron chi connectivity index (χ1n) is 5.26. The molecule has 6 nitrogen and oxygen atoms in total. The number of aryl methyl sites for hydroxylation is 1. The summed E-state index contributed by atoms with van der Waals surface area (Å²) >= 11 is 3.17. The van der Waals surface area contributed by atoms with Gasteiger partial charge in [-0.15, -0.1) is 0 Å². The van der Waals surface area contributed by atoms with E-state index in [1.165, 1.54) is 18.2 Å². The molecule has 0 bridgehead atoms. The molecule has 2 rings (SSSR count). The Balaban J connectivity index is 1.89. The van der Waals surface area contributed by atoms with Gasteiger partial charge < -0.3 is 4.52 Å². The zero-order valence-electron chi connectivity index (χ0n) is 9.83. The lowest BCUT2D eigenvalue weighted by Gasteiger charge is -2.09. The van der Waals surface area contributed by atoms with E-state index < -0.39 is 6.03 Å². The molecule has 3 N–H and O–H groups in total. The van der Waals surface area contributed by atoms with Crippen LogP contribution in [0.15, 0.2) is 33.3 Å². The van der Waals surface area contributed by atoms with Crippen molar-refractivity contribution in [3.05, 3.63) is 40.3 Å². The lowest BCUT2D eigenvalue weighted by Crippen LogP contribution is -2.33. The molecule has 1 aromatic carbocycles. The summed E-state index contributed by atoms with van der Waals surface area (Å²) in [5.41, 5.74) is 5.54. The number of hydrogen-bond acceptors (Lipinski definition) is 4. The Labute approximate surface area is 116 Å². The quantitative estimate of drug-likeness (QED) is 0.756. The molecule has 0 aliphatic rings. The fourth-order valence-corrected chi connectivity index (χ4v) is 1.74. The number of hydrogen-bond donors (Lipinski definition) is 3. The van der Waals surface area contributed by atoms with E-state index >= 15 is 0 Å². The van der Waals surface area contributed by atoms with Crippen molar-refractivity contribution in [3.8, 4) is 0 Å². The summed E-state index contributed by atoms with van der Waals surface area (Å²) in [5, 5.41) is 6.06. The van der Waals surface area contributed by atoms with Gasteiger partial charge >= 0.3 is 6.03 Å². The molecule has 100 valence electrons. The Morgan fingerprint density at radius 2 is 2.21 bits per heavy atom. The van der Waals surface area contributed by atoms with Gasteiger partial charge in [0.15, 0.2) is 5.82 Å². The summed E-state index contributed by atoms with van der Waals surface area (Å²) in [6, 6.07) is 5.09. The number of amides is 2. The van der Waals surface area contributed by atoms with Crippen LogP contribution < -0.4 is 16.2 Å². The average molecular weight is 329 g/mol. The molecule has 0 radical (unpaired) electrons. The summed E-state index contributed by atoms with van der Waals surface area (Å²) in [4.78, 5) is 11.5. The van der Waals surface area contributed by atoms with Gasteiger partial charge in [0.05, 0.1) is 5.69 Å². The second-order valence-electron chi connectivity index (χ2n) is 3.65. The number of nitrogens with zero attached hydrogens (tertiary/aromatic N) is 1. The number of carbonyl (C=O) groups is 1. The molecule has 1 aromatic heterocycles. The summed E-state index contributed by atoms with van der Waals surface area (Å²) in [5.74, 6) is 0.513.